The van der Waals surface area contributed by atoms with Crippen LogP contribution in [0.2, 0.25) is 0 Å². The minimum absolute atomic E-state index is 0.00694. The van der Waals surface area contributed by atoms with Gasteiger partial charge in [-0.3, -0.25) is 10.2 Å². The number of halogens is 1. The van der Waals surface area contributed by atoms with Crippen molar-refractivity contribution in [1.29, 1.82) is 5.41 Å². The first-order valence-electron chi connectivity index (χ1n) is 11.4. The first kappa shape index (κ1) is 22.5. The van der Waals surface area contributed by atoms with Gasteiger partial charge in [0.2, 0.25) is 0 Å². The summed E-state index contributed by atoms with van der Waals surface area (Å²) in [6.45, 7) is 2.21. The summed E-state index contributed by atoms with van der Waals surface area (Å²) < 4.78 is 15.7. The molecule has 9 heteroatoms. The number of phenols is 1. The SMILES string of the molecule is Cc1cccc2cc(CNc3ncnc(N)c3C(=N)c3cc(O)cc(F)c3)n(C3CCC3)c(=O)c12. The van der Waals surface area contributed by atoms with Crippen molar-refractivity contribution in [2.75, 3.05) is 11.1 Å². The van der Waals surface area contributed by atoms with Gasteiger partial charge < -0.3 is 20.7 Å². The number of aromatic nitrogens is 3. The Morgan fingerprint density at radius 2 is 2.06 bits per heavy atom. The molecule has 5 rings (SSSR count). The highest BCUT2D eigenvalue weighted by Gasteiger charge is 2.25. The highest BCUT2D eigenvalue weighted by Crippen LogP contribution is 2.33. The van der Waals surface area contributed by atoms with Crippen LogP contribution in [0, 0.1) is 18.2 Å². The summed E-state index contributed by atoms with van der Waals surface area (Å²) in [5, 5.41) is 23.2. The molecule has 1 saturated carbocycles. The molecule has 1 aliphatic rings. The second-order valence-electron chi connectivity index (χ2n) is 8.84. The molecule has 0 aliphatic heterocycles. The van der Waals surface area contributed by atoms with Crippen LogP contribution in [0.5, 0.6) is 5.75 Å². The van der Waals surface area contributed by atoms with E-state index in [9.17, 15) is 14.3 Å². The molecule has 0 unspecified atom stereocenters. The number of aryl methyl sites for hydroxylation is 1. The number of nitrogens with two attached hydrogens (primary N) is 1. The lowest BCUT2D eigenvalue weighted by atomic mass is 9.91. The minimum atomic E-state index is -0.675. The molecule has 0 amide bonds. The molecule has 2 aromatic carbocycles. The van der Waals surface area contributed by atoms with E-state index in [1.54, 1.807) is 0 Å². The molecule has 4 aromatic rings. The molecule has 0 saturated heterocycles. The van der Waals surface area contributed by atoms with Crippen molar-refractivity contribution in [1.82, 2.24) is 14.5 Å². The van der Waals surface area contributed by atoms with Crippen molar-refractivity contribution in [3.8, 4) is 5.75 Å². The lowest BCUT2D eigenvalue weighted by Crippen LogP contribution is -2.32. The predicted octanol–water partition coefficient (Wildman–Crippen LogP) is 4.28. The molecule has 0 radical (unpaired) electrons. The monoisotopic (exact) mass is 472 g/mol. The van der Waals surface area contributed by atoms with Gasteiger partial charge in [0.15, 0.2) is 0 Å². The van der Waals surface area contributed by atoms with Gasteiger partial charge in [0.25, 0.3) is 5.56 Å². The van der Waals surface area contributed by atoms with Crippen molar-refractivity contribution < 1.29 is 9.50 Å². The zero-order valence-corrected chi connectivity index (χ0v) is 19.2. The Hall–Kier alpha value is -4.27. The summed E-state index contributed by atoms with van der Waals surface area (Å²) >= 11 is 0. The molecule has 178 valence electrons. The molecule has 2 heterocycles. The average Bonchev–Trinajstić information content (AvgIpc) is 2.77. The van der Waals surface area contributed by atoms with Gasteiger partial charge in [-0.15, -0.1) is 0 Å². The number of nitrogens with zero attached hydrogens (tertiary/aromatic N) is 3. The standard InChI is InChI=1S/C26H25FN6O2/c1-14-4-2-5-15-9-19(33(18-6-3-7-18)26(35)21(14)15)12-30-25-22(24(29)31-13-32-25)23(28)16-8-17(27)11-20(34)10-16/h2,4-5,8-11,13,18,28,34H,3,6-7,12H2,1H3,(H3,29,30,31,32). The van der Waals surface area contributed by atoms with Crippen LogP contribution in [0.15, 0.2) is 53.6 Å². The van der Waals surface area contributed by atoms with Crippen molar-refractivity contribution >= 4 is 28.1 Å². The first-order chi connectivity index (χ1) is 16.8. The van der Waals surface area contributed by atoms with Gasteiger partial charge in [-0.05, 0) is 55.3 Å². The third-order valence-corrected chi connectivity index (χ3v) is 6.54. The summed E-state index contributed by atoms with van der Waals surface area (Å²) in [5.41, 5.74) is 8.01. The van der Waals surface area contributed by atoms with E-state index in [0.717, 1.165) is 53.4 Å². The molecule has 0 spiro atoms. The number of rotatable bonds is 6. The topological polar surface area (TPSA) is 130 Å². The largest absolute Gasteiger partial charge is 0.508 e. The van der Waals surface area contributed by atoms with E-state index in [-0.39, 0.29) is 52.4 Å². The predicted molar refractivity (Wildman–Crippen MR) is 134 cm³/mol. The highest BCUT2D eigenvalue weighted by atomic mass is 19.1. The average molecular weight is 473 g/mol. The van der Waals surface area contributed by atoms with Crippen LogP contribution in [0.3, 0.4) is 0 Å². The van der Waals surface area contributed by atoms with E-state index in [0.29, 0.717) is 0 Å². The molecular formula is C26H25FN6O2. The highest BCUT2D eigenvalue weighted by molar-refractivity contribution is 6.16. The molecule has 2 aromatic heterocycles. The Bertz CT molecular complexity index is 1510. The van der Waals surface area contributed by atoms with Gasteiger partial charge in [0, 0.05) is 23.4 Å². The molecule has 1 aliphatic carbocycles. The number of anilines is 2. The summed E-state index contributed by atoms with van der Waals surface area (Å²) in [6.07, 6.45) is 4.26. The van der Waals surface area contributed by atoms with E-state index >= 15 is 0 Å². The number of nitrogens with one attached hydrogen (secondary N) is 2. The van der Waals surface area contributed by atoms with Crippen LogP contribution in [0.25, 0.3) is 10.8 Å². The van der Waals surface area contributed by atoms with E-state index in [1.807, 2.05) is 35.8 Å². The second kappa shape index (κ2) is 8.83. The number of benzene rings is 2. The fourth-order valence-electron chi connectivity index (χ4n) is 4.60. The molecular weight excluding hydrogens is 447 g/mol. The van der Waals surface area contributed by atoms with Gasteiger partial charge in [0.05, 0.1) is 23.2 Å². The Balaban J connectivity index is 1.54. The van der Waals surface area contributed by atoms with Gasteiger partial charge in [0.1, 0.15) is 29.5 Å². The van der Waals surface area contributed by atoms with Crippen LogP contribution in [0.4, 0.5) is 16.0 Å². The maximum atomic E-state index is 13.9. The lowest BCUT2D eigenvalue weighted by molar-refractivity contribution is 0.301. The van der Waals surface area contributed by atoms with Crippen LogP contribution < -0.4 is 16.6 Å². The number of hydrogen-bond donors (Lipinski definition) is 4. The molecule has 5 N–H and O–H groups in total. The van der Waals surface area contributed by atoms with E-state index in [4.69, 9.17) is 11.1 Å². The van der Waals surface area contributed by atoms with Gasteiger partial charge in [-0.25, -0.2) is 14.4 Å². The number of fused-ring (bicyclic) bond motifs is 1. The normalized spacial score (nSPS) is 13.5. The summed E-state index contributed by atoms with van der Waals surface area (Å²) in [6, 6.07) is 11.3. The molecule has 0 atom stereocenters. The van der Waals surface area contributed by atoms with Crippen LogP contribution in [-0.4, -0.2) is 25.4 Å². The summed E-state index contributed by atoms with van der Waals surface area (Å²) in [5.74, 6) is -0.652. The van der Waals surface area contributed by atoms with E-state index in [2.05, 4.69) is 15.3 Å². The Morgan fingerprint density at radius 1 is 1.26 bits per heavy atom. The molecule has 8 nitrogen and oxygen atoms in total. The van der Waals surface area contributed by atoms with Gasteiger partial charge >= 0.3 is 0 Å². The second-order valence-corrected chi connectivity index (χ2v) is 8.84. The van der Waals surface area contributed by atoms with Gasteiger partial charge in [-0.1, -0.05) is 18.2 Å². The maximum Gasteiger partial charge on any atom is 0.259 e. The smallest absolute Gasteiger partial charge is 0.259 e. The number of nitrogen functional groups attached to an aromatic ring is 1. The van der Waals surface area contributed by atoms with Crippen molar-refractivity contribution in [3.63, 3.8) is 0 Å². The van der Waals surface area contributed by atoms with Gasteiger partial charge in [-0.2, -0.15) is 0 Å². The molecule has 1 fully saturated rings. The number of phenolic OH excluding ortho intramolecular Hbond substituents is 1. The number of aromatic hydroxyl groups is 1. The molecule has 35 heavy (non-hydrogen) atoms. The first-order valence-corrected chi connectivity index (χ1v) is 11.4. The zero-order valence-electron chi connectivity index (χ0n) is 19.2. The van der Waals surface area contributed by atoms with Crippen molar-refractivity contribution in [3.05, 3.63) is 87.3 Å². The number of pyridine rings is 1. The third-order valence-electron chi connectivity index (χ3n) is 6.54. The van der Waals surface area contributed by atoms with Crippen LogP contribution >= 0.6 is 0 Å². The van der Waals surface area contributed by atoms with Crippen LogP contribution in [0.1, 0.15) is 47.7 Å². The third kappa shape index (κ3) is 4.09. The molecule has 0 bridgehead atoms. The Kier molecular flexibility index (Phi) is 5.68. The quantitative estimate of drug-likeness (QED) is 0.310. The summed E-state index contributed by atoms with van der Waals surface area (Å²) in [4.78, 5) is 21.8. The fraction of sp³-hybridized carbons (Fsp3) is 0.231. The maximum absolute atomic E-state index is 13.9. The Morgan fingerprint density at radius 3 is 2.77 bits per heavy atom. The fourth-order valence-corrected chi connectivity index (χ4v) is 4.60. The lowest BCUT2D eigenvalue weighted by Gasteiger charge is -2.31. The van der Waals surface area contributed by atoms with E-state index in [1.165, 1.54) is 12.4 Å². The Labute approximate surface area is 200 Å². The zero-order chi connectivity index (χ0) is 24.7. The van der Waals surface area contributed by atoms with Crippen molar-refractivity contribution in [2.45, 2.75) is 38.8 Å². The number of hydrogen-bond acceptors (Lipinski definition) is 7. The van der Waals surface area contributed by atoms with Crippen LogP contribution in [-0.2, 0) is 6.54 Å². The minimum Gasteiger partial charge on any atom is -0.508 e. The summed E-state index contributed by atoms with van der Waals surface area (Å²) in [7, 11) is 0. The van der Waals surface area contributed by atoms with Crippen molar-refractivity contribution in [2.24, 2.45) is 0 Å². The van der Waals surface area contributed by atoms with E-state index < -0.39 is 5.82 Å².